The average molecular weight is 498 g/mol. The molecule has 0 aliphatic carbocycles. The van der Waals surface area contributed by atoms with Gasteiger partial charge in [-0.25, -0.2) is 0 Å². The Balaban J connectivity index is 1.57. The smallest absolute Gasteiger partial charge is 0.273 e. The first kappa shape index (κ1) is 24.4. The lowest BCUT2D eigenvalue weighted by Gasteiger charge is -2.27. The fourth-order valence-corrected chi connectivity index (χ4v) is 5.07. The number of nitrogens with zero attached hydrogens (tertiary/aromatic N) is 2. The van der Waals surface area contributed by atoms with Crippen molar-refractivity contribution in [1.29, 1.82) is 0 Å². The van der Waals surface area contributed by atoms with Crippen molar-refractivity contribution in [3.05, 3.63) is 94.2 Å². The number of nitrogens with one attached hydrogen (secondary N) is 1. The number of benzene rings is 3. The predicted octanol–water partition coefficient (Wildman–Crippen LogP) is 5.59. The van der Waals surface area contributed by atoms with Crippen molar-refractivity contribution in [3.63, 3.8) is 0 Å². The lowest BCUT2D eigenvalue weighted by Crippen LogP contribution is -2.31. The summed E-state index contributed by atoms with van der Waals surface area (Å²) in [6.07, 6.45) is 0.686. The summed E-state index contributed by atoms with van der Waals surface area (Å²) in [5.41, 5.74) is 6.31. The molecule has 3 aromatic carbocycles. The second-order valence-corrected chi connectivity index (χ2v) is 9.34. The average Bonchev–Trinajstić information content (AvgIpc) is 3.44. The van der Waals surface area contributed by atoms with Crippen molar-refractivity contribution >= 4 is 5.91 Å². The highest BCUT2D eigenvalue weighted by atomic mass is 16.5. The molecule has 2 N–H and O–H groups in total. The van der Waals surface area contributed by atoms with Gasteiger partial charge in [-0.3, -0.25) is 9.89 Å². The largest absolute Gasteiger partial charge is 0.507 e. The topological polar surface area (TPSA) is 87.7 Å². The Labute approximate surface area is 216 Å². The molecule has 0 spiro atoms. The minimum absolute atomic E-state index is 0.106. The number of fused-ring (bicyclic) bond motifs is 1. The highest BCUT2D eigenvalue weighted by Crippen LogP contribution is 2.45. The molecular formula is C30H31N3O4. The van der Waals surface area contributed by atoms with Crippen LogP contribution in [0, 0.1) is 13.8 Å². The van der Waals surface area contributed by atoms with E-state index in [2.05, 4.69) is 10.2 Å². The van der Waals surface area contributed by atoms with Crippen molar-refractivity contribution in [2.75, 3.05) is 20.3 Å². The number of aromatic hydroxyl groups is 1. The van der Waals surface area contributed by atoms with Gasteiger partial charge in [-0.1, -0.05) is 30.3 Å². The molecule has 1 unspecified atom stereocenters. The third-order valence-corrected chi connectivity index (χ3v) is 6.87. The Bertz CT molecular complexity index is 1420. The van der Waals surface area contributed by atoms with E-state index in [-0.39, 0.29) is 17.7 Å². The zero-order chi connectivity index (χ0) is 26.1. The van der Waals surface area contributed by atoms with Crippen LogP contribution in [0.3, 0.4) is 0 Å². The Kier molecular flexibility index (Phi) is 6.61. The maximum Gasteiger partial charge on any atom is 0.273 e. The van der Waals surface area contributed by atoms with Crippen LogP contribution in [0.1, 0.15) is 51.3 Å². The Morgan fingerprint density at radius 2 is 1.73 bits per heavy atom. The third kappa shape index (κ3) is 4.53. The van der Waals surface area contributed by atoms with E-state index < -0.39 is 0 Å². The molecule has 7 nitrogen and oxygen atoms in total. The molecule has 1 amide bonds. The van der Waals surface area contributed by atoms with Crippen LogP contribution in [-0.2, 0) is 6.42 Å². The fourth-order valence-electron chi connectivity index (χ4n) is 5.07. The maximum absolute atomic E-state index is 13.7. The number of aryl methyl sites for hydroxylation is 2. The summed E-state index contributed by atoms with van der Waals surface area (Å²) in [6.45, 7) is 6.90. The maximum atomic E-state index is 13.7. The van der Waals surface area contributed by atoms with Crippen molar-refractivity contribution in [2.45, 2.75) is 33.2 Å². The number of phenols is 1. The van der Waals surface area contributed by atoms with Crippen molar-refractivity contribution in [2.24, 2.45) is 0 Å². The molecule has 37 heavy (non-hydrogen) atoms. The summed E-state index contributed by atoms with van der Waals surface area (Å²) < 4.78 is 10.9. The van der Waals surface area contributed by atoms with Crippen LogP contribution in [-0.4, -0.2) is 46.4 Å². The highest BCUT2D eigenvalue weighted by molar-refractivity contribution is 6.00. The van der Waals surface area contributed by atoms with Gasteiger partial charge in [-0.15, -0.1) is 0 Å². The van der Waals surface area contributed by atoms with Gasteiger partial charge < -0.3 is 19.5 Å². The van der Waals surface area contributed by atoms with Gasteiger partial charge in [-0.2, -0.15) is 5.10 Å². The predicted molar refractivity (Wildman–Crippen MR) is 142 cm³/mol. The van der Waals surface area contributed by atoms with Crippen LogP contribution >= 0.6 is 0 Å². The molecule has 0 fully saturated rings. The summed E-state index contributed by atoms with van der Waals surface area (Å²) in [6, 6.07) is 19.2. The zero-order valence-corrected chi connectivity index (χ0v) is 21.5. The van der Waals surface area contributed by atoms with Gasteiger partial charge in [0.25, 0.3) is 5.91 Å². The molecule has 1 aliphatic rings. The van der Waals surface area contributed by atoms with Crippen LogP contribution < -0.4 is 9.47 Å². The van der Waals surface area contributed by atoms with E-state index in [4.69, 9.17) is 9.47 Å². The minimum atomic E-state index is -0.356. The number of aromatic amines is 1. The first-order valence-electron chi connectivity index (χ1n) is 12.5. The summed E-state index contributed by atoms with van der Waals surface area (Å²) in [5, 5.41) is 18.4. The molecule has 5 rings (SSSR count). The number of carbonyl (C=O) groups is 1. The quantitative estimate of drug-likeness (QED) is 0.331. The number of rotatable bonds is 8. The van der Waals surface area contributed by atoms with Crippen LogP contribution in [0.4, 0.5) is 0 Å². The fraction of sp³-hybridized carbons (Fsp3) is 0.267. The summed E-state index contributed by atoms with van der Waals surface area (Å²) in [4.78, 5) is 15.6. The zero-order valence-electron chi connectivity index (χ0n) is 21.5. The molecule has 1 atom stereocenters. The summed E-state index contributed by atoms with van der Waals surface area (Å²) >= 11 is 0. The molecular weight excluding hydrogens is 466 g/mol. The van der Waals surface area contributed by atoms with Crippen LogP contribution in [0.2, 0.25) is 0 Å². The third-order valence-electron chi connectivity index (χ3n) is 6.87. The van der Waals surface area contributed by atoms with Crippen LogP contribution in [0.15, 0.2) is 60.7 Å². The molecule has 190 valence electrons. The van der Waals surface area contributed by atoms with Crippen molar-refractivity contribution in [1.82, 2.24) is 15.1 Å². The second-order valence-electron chi connectivity index (χ2n) is 9.34. The van der Waals surface area contributed by atoms with Gasteiger partial charge in [0, 0.05) is 17.7 Å². The van der Waals surface area contributed by atoms with E-state index in [9.17, 15) is 9.90 Å². The number of carbonyl (C=O) groups excluding carboxylic acids is 1. The SMILES string of the molecule is CCOc1ccc(C2c3c(-c4cc(C)cc(C)c4O)n[nH]c3C(=O)N2CCc2ccc(OC)cc2)cc1. The number of ether oxygens (including phenoxy) is 2. The first-order chi connectivity index (χ1) is 17.9. The van der Waals surface area contributed by atoms with Gasteiger partial charge in [-0.05, 0) is 79.8 Å². The highest BCUT2D eigenvalue weighted by Gasteiger charge is 2.42. The Hall–Kier alpha value is -4.26. The Morgan fingerprint density at radius 3 is 2.41 bits per heavy atom. The summed E-state index contributed by atoms with van der Waals surface area (Å²) in [7, 11) is 1.65. The molecule has 7 heteroatoms. The van der Waals surface area contributed by atoms with Gasteiger partial charge >= 0.3 is 0 Å². The number of hydrogen-bond acceptors (Lipinski definition) is 5. The van der Waals surface area contributed by atoms with Gasteiger partial charge in [0.1, 0.15) is 28.6 Å². The molecule has 0 radical (unpaired) electrons. The molecule has 1 aliphatic heterocycles. The molecule has 0 bridgehead atoms. The molecule has 4 aromatic rings. The number of aromatic nitrogens is 2. The standard InChI is InChI=1S/C30H31N3O4/c1-5-37-23-12-8-21(9-13-23)28-25-26(24-17-18(2)16-19(3)29(24)34)31-32-27(25)30(35)33(28)15-14-20-6-10-22(36-4)11-7-20/h6-13,16-17,28,34H,5,14-15H2,1-4H3,(H,31,32). The van der Waals surface area contributed by atoms with Crippen LogP contribution in [0.25, 0.3) is 11.3 Å². The van der Waals surface area contributed by atoms with Gasteiger partial charge in [0.05, 0.1) is 19.8 Å². The molecule has 0 saturated carbocycles. The van der Waals surface area contributed by atoms with E-state index in [1.54, 1.807) is 7.11 Å². The lowest BCUT2D eigenvalue weighted by atomic mass is 9.94. The Morgan fingerprint density at radius 1 is 1.03 bits per heavy atom. The molecule has 0 saturated heterocycles. The van der Waals surface area contributed by atoms with Crippen molar-refractivity contribution < 1.29 is 19.4 Å². The first-order valence-corrected chi connectivity index (χ1v) is 12.5. The van der Waals surface area contributed by atoms with Gasteiger partial charge in [0.2, 0.25) is 0 Å². The van der Waals surface area contributed by atoms with E-state index in [0.717, 1.165) is 39.3 Å². The number of phenolic OH excluding ortho intramolecular Hbond substituents is 1. The number of H-pyrrole nitrogens is 1. The molecule has 1 aromatic heterocycles. The summed E-state index contributed by atoms with van der Waals surface area (Å²) in [5.74, 6) is 1.65. The monoisotopic (exact) mass is 497 g/mol. The minimum Gasteiger partial charge on any atom is -0.507 e. The normalized spacial score (nSPS) is 14.6. The van der Waals surface area contributed by atoms with E-state index in [1.807, 2.05) is 86.3 Å². The van der Waals surface area contributed by atoms with E-state index in [0.29, 0.717) is 36.5 Å². The van der Waals surface area contributed by atoms with E-state index in [1.165, 1.54) is 0 Å². The number of amides is 1. The van der Waals surface area contributed by atoms with Gasteiger partial charge in [0.15, 0.2) is 0 Å². The number of hydrogen-bond donors (Lipinski definition) is 2. The molecule has 2 heterocycles. The number of methoxy groups -OCH3 is 1. The van der Waals surface area contributed by atoms with Crippen molar-refractivity contribution in [3.8, 4) is 28.5 Å². The second kappa shape index (κ2) is 10.0. The lowest BCUT2D eigenvalue weighted by molar-refractivity contribution is 0.0746. The van der Waals surface area contributed by atoms with Crippen LogP contribution in [0.5, 0.6) is 17.2 Å². The van der Waals surface area contributed by atoms with E-state index >= 15 is 0 Å².